The second-order valence-electron chi connectivity index (χ2n) is 6.26. The Labute approximate surface area is 146 Å². The maximum Gasteiger partial charge on any atom is 0.185 e. The van der Waals surface area contributed by atoms with E-state index in [0.29, 0.717) is 0 Å². The molecule has 0 saturated carbocycles. The van der Waals surface area contributed by atoms with Crippen molar-refractivity contribution >= 4 is 16.5 Å². The van der Waals surface area contributed by atoms with E-state index >= 15 is 0 Å². The zero-order valence-electron chi connectivity index (χ0n) is 14.1. The number of anilines is 1. The van der Waals surface area contributed by atoms with Gasteiger partial charge in [0.2, 0.25) is 0 Å². The molecule has 128 valence electrons. The maximum atomic E-state index is 6.33. The van der Waals surface area contributed by atoms with E-state index in [0.717, 1.165) is 55.6 Å². The summed E-state index contributed by atoms with van der Waals surface area (Å²) < 4.78 is 17.3. The van der Waals surface area contributed by atoms with Crippen LogP contribution in [0.3, 0.4) is 0 Å². The summed E-state index contributed by atoms with van der Waals surface area (Å²) in [6.07, 6.45) is 4.73. The van der Waals surface area contributed by atoms with Crippen LogP contribution in [0.15, 0.2) is 23.7 Å². The number of hydrogen-bond donors (Lipinski definition) is 0. The van der Waals surface area contributed by atoms with Crippen LogP contribution in [0.25, 0.3) is 0 Å². The minimum atomic E-state index is -0.207. The summed E-state index contributed by atoms with van der Waals surface area (Å²) in [4.78, 5) is 6.79. The van der Waals surface area contributed by atoms with Crippen molar-refractivity contribution < 1.29 is 14.2 Å². The van der Waals surface area contributed by atoms with Gasteiger partial charge in [-0.15, -0.1) is 11.3 Å². The average Bonchev–Trinajstić information content (AvgIpc) is 3.16. The Bertz CT molecular complexity index is 709. The lowest BCUT2D eigenvalue weighted by molar-refractivity contribution is -0.0768. The van der Waals surface area contributed by atoms with Crippen molar-refractivity contribution in [3.05, 3.63) is 34.8 Å². The Kier molecular flexibility index (Phi) is 4.10. The second-order valence-corrected chi connectivity index (χ2v) is 7.13. The average molecular weight is 346 g/mol. The molecule has 2 aromatic rings. The van der Waals surface area contributed by atoms with Crippen LogP contribution in [0, 0.1) is 0 Å². The number of hydrogen-bond acceptors (Lipinski definition) is 6. The van der Waals surface area contributed by atoms with Gasteiger partial charge < -0.3 is 19.1 Å². The van der Waals surface area contributed by atoms with Gasteiger partial charge in [-0.3, -0.25) is 0 Å². The largest absolute Gasteiger partial charge is 0.493 e. The molecule has 1 saturated heterocycles. The topological polar surface area (TPSA) is 43.8 Å². The van der Waals surface area contributed by atoms with Gasteiger partial charge in [0.1, 0.15) is 0 Å². The lowest BCUT2D eigenvalue weighted by atomic mass is 9.79. The summed E-state index contributed by atoms with van der Waals surface area (Å²) >= 11 is 1.70. The summed E-state index contributed by atoms with van der Waals surface area (Å²) in [5.41, 5.74) is 2.38. The zero-order valence-corrected chi connectivity index (χ0v) is 14.9. The van der Waals surface area contributed by atoms with E-state index in [4.69, 9.17) is 14.2 Å². The Balaban J connectivity index is 1.64. The molecular formula is C18H22N2O3S. The van der Waals surface area contributed by atoms with Gasteiger partial charge in [-0.05, 0) is 42.5 Å². The van der Waals surface area contributed by atoms with Crippen LogP contribution in [0.4, 0.5) is 5.13 Å². The fourth-order valence-electron chi connectivity index (χ4n) is 3.83. The van der Waals surface area contributed by atoms with Crippen molar-refractivity contribution in [1.82, 2.24) is 4.98 Å². The van der Waals surface area contributed by atoms with Crippen LogP contribution in [0.2, 0.25) is 0 Å². The zero-order chi connectivity index (χ0) is 16.6. The molecular weight excluding hydrogens is 324 g/mol. The number of thiazole rings is 1. The van der Waals surface area contributed by atoms with Gasteiger partial charge in [-0.25, -0.2) is 4.98 Å². The highest BCUT2D eigenvalue weighted by atomic mass is 32.1. The van der Waals surface area contributed by atoms with Crippen LogP contribution in [0.5, 0.6) is 11.5 Å². The molecule has 1 fully saturated rings. The first-order chi connectivity index (χ1) is 11.8. The molecule has 0 radical (unpaired) electrons. The predicted molar refractivity (Wildman–Crippen MR) is 94.4 cm³/mol. The van der Waals surface area contributed by atoms with Crippen LogP contribution in [0.1, 0.15) is 24.0 Å². The number of ether oxygens (including phenoxy) is 3. The number of aromatic nitrogens is 1. The van der Waals surface area contributed by atoms with Crippen molar-refractivity contribution in [2.45, 2.75) is 24.9 Å². The number of fused-ring (bicyclic) bond motifs is 2. The highest BCUT2D eigenvalue weighted by molar-refractivity contribution is 7.13. The van der Waals surface area contributed by atoms with Crippen LogP contribution in [-0.2, 0) is 16.8 Å². The molecule has 2 aliphatic rings. The summed E-state index contributed by atoms with van der Waals surface area (Å²) in [6.45, 7) is 2.68. The van der Waals surface area contributed by atoms with Crippen molar-refractivity contribution in [3.63, 3.8) is 0 Å². The summed E-state index contributed by atoms with van der Waals surface area (Å²) in [6, 6.07) is 4.23. The monoisotopic (exact) mass is 346 g/mol. The van der Waals surface area contributed by atoms with Crippen molar-refractivity contribution in [3.8, 4) is 11.5 Å². The molecule has 0 N–H and O–H groups in total. The molecule has 1 aromatic heterocycles. The highest BCUT2D eigenvalue weighted by Crippen LogP contribution is 2.45. The second kappa shape index (κ2) is 6.26. The molecule has 24 heavy (non-hydrogen) atoms. The van der Waals surface area contributed by atoms with Crippen molar-refractivity contribution in [1.29, 1.82) is 0 Å². The maximum absolute atomic E-state index is 6.33. The van der Waals surface area contributed by atoms with Crippen molar-refractivity contribution in [2.24, 2.45) is 0 Å². The molecule has 4 rings (SSSR count). The number of rotatable bonds is 3. The Morgan fingerprint density at radius 2 is 1.92 bits per heavy atom. The molecule has 3 heterocycles. The van der Waals surface area contributed by atoms with E-state index in [1.807, 2.05) is 11.6 Å². The standard InChI is InChI=1S/C18H22N2O3S/c1-21-15-11-13-3-9-23-18(14(13)12-16(15)22-2)4-7-20(8-5-18)17-19-6-10-24-17/h6,10-12H,3-5,7-9H2,1-2H3. The van der Waals surface area contributed by atoms with E-state index in [9.17, 15) is 0 Å². The van der Waals surface area contributed by atoms with Crippen molar-refractivity contribution in [2.75, 3.05) is 38.8 Å². The van der Waals surface area contributed by atoms with Gasteiger partial charge in [0.15, 0.2) is 16.6 Å². The number of benzene rings is 1. The minimum Gasteiger partial charge on any atom is -0.493 e. The Morgan fingerprint density at radius 1 is 1.17 bits per heavy atom. The van der Waals surface area contributed by atoms with Gasteiger partial charge >= 0.3 is 0 Å². The molecule has 0 amide bonds. The summed E-state index contributed by atoms with van der Waals surface area (Å²) in [5, 5.41) is 3.14. The Hall–Kier alpha value is -1.79. The number of nitrogens with zero attached hydrogens (tertiary/aromatic N) is 2. The van der Waals surface area contributed by atoms with Crippen LogP contribution >= 0.6 is 11.3 Å². The smallest absolute Gasteiger partial charge is 0.185 e. The van der Waals surface area contributed by atoms with Gasteiger partial charge in [0.25, 0.3) is 0 Å². The molecule has 0 unspecified atom stereocenters. The minimum absolute atomic E-state index is 0.207. The molecule has 6 heteroatoms. The third-order valence-electron chi connectivity index (χ3n) is 5.11. The lowest BCUT2D eigenvalue weighted by Crippen LogP contribution is -2.46. The SMILES string of the molecule is COc1cc2c(cc1OC)C1(CCN(c3nccs3)CC1)OCC2. The van der Waals surface area contributed by atoms with E-state index in [-0.39, 0.29) is 5.60 Å². The summed E-state index contributed by atoms with van der Waals surface area (Å²) in [7, 11) is 3.37. The first-order valence-electron chi connectivity index (χ1n) is 8.29. The third kappa shape index (κ3) is 2.54. The lowest BCUT2D eigenvalue weighted by Gasteiger charge is -2.45. The molecule has 2 aliphatic heterocycles. The fraction of sp³-hybridized carbons (Fsp3) is 0.500. The van der Waals surface area contributed by atoms with Gasteiger partial charge in [0, 0.05) is 24.7 Å². The molecule has 1 spiro atoms. The fourth-order valence-corrected chi connectivity index (χ4v) is 4.53. The molecule has 1 aromatic carbocycles. The van der Waals surface area contributed by atoms with E-state index < -0.39 is 0 Å². The van der Waals surface area contributed by atoms with E-state index in [1.54, 1.807) is 25.6 Å². The normalized spacial score (nSPS) is 19.2. The molecule has 0 aliphatic carbocycles. The quantitative estimate of drug-likeness (QED) is 0.854. The van der Waals surface area contributed by atoms with E-state index in [1.165, 1.54) is 11.1 Å². The summed E-state index contributed by atoms with van der Waals surface area (Å²) in [5.74, 6) is 1.58. The Morgan fingerprint density at radius 3 is 2.58 bits per heavy atom. The van der Waals surface area contributed by atoms with Gasteiger partial charge in [-0.2, -0.15) is 0 Å². The molecule has 0 atom stereocenters. The van der Waals surface area contributed by atoms with Gasteiger partial charge in [-0.1, -0.05) is 0 Å². The predicted octanol–water partition coefficient (Wildman–Crippen LogP) is 3.23. The molecule has 5 nitrogen and oxygen atoms in total. The first kappa shape index (κ1) is 15.7. The number of piperidine rings is 1. The van der Waals surface area contributed by atoms with Crippen LogP contribution in [-0.4, -0.2) is 38.9 Å². The van der Waals surface area contributed by atoms with E-state index in [2.05, 4.69) is 22.0 Å². The van der Waals surface area contributed by atoms with Gasteiger partial charge in [0.05, 0.1) is 26.4 Å². The highest BCUT2D eigenvalue weighted by Gasteiger charge is 2.41. The van der Waals surface area contributed by atoms with Crippen LogP contribution < -0.4 is 14.4 Å². The third-order valence-corrected chi connectivity index (χ3v) is 5.94. The molecule has 0 bridgehead atoms. The number of methoxy groups -OCH3 is 2. The first-order valence-corrected chi connectivity index (χ1v) is 9.17.